The van der Waals surface area contributed by atoms with Crippen molar-refractivity contribution in [1.82, 2.24) is 20.2 Å². The van der Waals surface area contributed by atoms with Crippen molar-refractivity contribution >= 4 is 17.7 Å². The fraction of sp³-hybridized carbons (Fsp3) is 0.471. The van der Waals surface area contributed by atoms with Crippen molar-refractivity contribution in [2.24, 2.45) is 0 Å². The Morgan fingerprint density at radius 2 is 1.96 bits per heavy atom. The van der Waals surface area contributed by atoms with Crippen LogP contribution in [0.3, 0.4) is 0 Å². The molecule has 2 aromatic rings. The van der Waals surface area contributed by atoms with E-state index in [0.717, 1.165) is 11.3 Å². The number of nitrogens with one attached hydrogen (secondary N) is 1. The average Bonchev–Trinajstić information content (AvgIpc) is 2.94. The molecule has 0 spiro atoms. The second-order valence-corrected chi connectivity index (χ2v) is 8.06. The fourth-order valence-corrected chi connectivity index (χ4v) is 2.95. The lowest BCUT2D eigenvalue weighted by Gasteiger charge is -2.17. The van der Waals surface area contributed by atoms with Gasteiger partial charge < -0.3 is 15.9 Å². The van der Waals surface area contributed by atoms with Gasteiger partial charge in [-0.25, -0.2) is 4.68 Å². The maximum absolute atomic E-state index is 12.3. The van der Waals surface area contributed by atoms with E-state index in [-0.39, 0.29) is 16.6 Å². The number of nitrogens with two attached hydrogens (primary N) is 1. The van der Waals surface area contributed by atoms with Crippen LogP contribution < -0.4 is 15.9 Å². The van der Waals surface area contributed by atoms with Crippen molar-refractivity contribution in [2.75, 3.05) is 13.0 Å². The highest BCUT2D eigenvalue weighted by atomic mass is 32.2. The number of carbonyl (C=O) groups is 1. The van der Waals surface area contributed by atoms with Crippen molar-refractivity contribution in [3.63, 3.8) is 0 Å². The largest absolute Gasteiger partial charge is 0.497 e. The molecule has 25 heavy (non-hydrogen) atoms. The van der Waals surface area contributed by atoms with Gasteiger partial charge in [0.25, 0.3) is 0 Å². The first-order valence-electron chi connectivity index (χ1n) is 8.00. The van der Waals surface area contributed by atoms with Crippen LogP contribution in [0.15, 0.2) is 29.4 Å². The molecule has 0 saturated carbocycles. The van der Waals surface area contributed by atoms with Gasteiger partial charge in [0.15, 0.2) is 5.82 Å². The minimum atomic E-state index is -0.336. The molecular weight excluding hydrogens is 338 g/mol. The van der Waals surface area contributed by atoms with Crippen molar-refractivity contribution < 1.29 is 9.53 Å². The highest BCUT2D eigenvalue weighted by molar-refractivity contribution is 8.00. The number of nitrogen functional groups attached to an aromatic ring is 1. The molecule has 1 heterocycles. The quantitative estimate of drug-likeness (QED) is 0.603. The summed E-state index contributed by atoms with van der Waals surface area (Å²) < 4.78 is 6.57. The standard InChI is InChI=1S/C17H25N5O2S/c1-11(25-16-21-20-15(22(16)18)17(2,3)4)14(23)19-10-12-6-8-13(24-5)9-7-12/h6-9,11H,10,18H2,1-5H3,(H,19,23)/t11-/m0/s1. The lowest BCUT2D eigenvalue weighted by molar-refractivity contribution is -0.120. The molecule has 0 aliphatic rings. The van der Waals surface area contributed by atoms with E-state index in [1.165, 1.54) is 16.4 Å². The van der Waals surface area contributed by atoms with Gasteiger partial charge in [0.05, 0.1) is 12.4 Å². The maximum atomic E-state index is 12.3. The zero-order valence-electron chi connectivity index (χ0n) is 15.2. The van der Waals surface area contributed by atoms with Crippen LogP contribution in [0.4, 0.5) is 0 Å². The first-order chi connectivity index (χ1) is 11.7. The van der Waals surface area contributed by atoms with E-state index < -0.39 is 0 Å². The molecule has 1 aromatic carbocycles. The smallest absolute Gasteiger partial charge is 0.233 e. The maximum Gasteiger partial charge on any atom is 0.233 e. The van der Waals surface area contributed by atoms with Crippen molar-refractivity contribution in [3.8, 4) is 5.75 Å². The minimum absolute atomic E-state index is 0.0823. The third-order valence-electron chi connectivity index (χ3n) is 3.61. The molecule has 1 amide bonds. The summed E-state index contributed by atoms with van der Waals surface area (Å²) in [4.78, 5) is 12.3. The van der Waals surface area contributed by atoms with Crippen molar-refractivity contribution in [2.45, 2.75) is 50.1 Å². The van der Waals surface area contributed by atoms with Gasteiger partial charge in [-0.05, 0) is 24.6 Å². The molecular formula is C17H25N5O2S. The molecule has 0 aliphatic heterocycles. The predicted octanol–water partition coefficient (Wildman–Crippen LogP) is 2.09. The van der Waals surface area contributed by atoms with E-state index in [0.29, 0.717) is 17.5 Å². The van der Waals surface area contributed by atoms with Gasteiger partial charge in [0, 0.05) is 12.0 Å². The van der Waals surface area contributed by atoms with Gasteiger partial charge in [-0.3, -0.25) is 4.79 Å². The SMILES string of the molecule is COc1ccc(CNC(=O)[C@H](C)Sc2nnc(C(C)(C)C)n2N)cc1. The molecule has 0 bridgehead atoms. The van der Waals surface area contributed by atoms with Gasteiger partial charge >= 0.3 is 0 Å². The first kappa shape index (κ1) is 19.1. The number of ether oxygens (including phenoxy) is 1. The summed E-state index contributed by atoms with van der Waals surface area (Å²) in [6.07, 6.45) is 0. The highest BCUT2D eigenvalue weighted by Crippen LogP contribution is 2.25. The number of amides is 1. The monoisotopic (exact) mass is 363 g/mol. The first-order valence-corrected chi connectivity index (χ1v) is 8.88. The summed E-state index contributed by atoms with van der Waals surface area (Å²) >= 11 is 1.29. The number of thioether (sulfide) groups is 1. The number of nitrogens with zero attached hydrogens (tertiary/aromatic N) is 3. The number of aromatic nitrogens is 3. The van der Waals surface area contributed by atoms with Crippen molar-refractivity contribution in [1.29, 1.82) is 0 Å². The number of benzene rings is 1. The predicted molar refractivity (Wildman–Crippen MR) is 99.0 cm³/mol. The summed E-state index contributed by atoms with van der Waals surface area (Å²) in [6.45, 7) is 8.31. The Kier molecular flexibility index (Phi) is 5.94. The van der Waals surface area contributed by atoms with Crippen LogP contribution in [0.2, 0.25) is 0 Å². The average molecular weight is 363 g/mol. The Hall–Kier alpha value is -2.22. The number of methoxy groups -OCH3 is 1. The van der Waals surface area contributed by atoms with Gasteiger partial charge in [-0.15, -0.1) is 10.2 Å². The molecule has 0 unspecified atom stereocenters. The summed E-state index contributed by atoms with van der Waals surface area (Å²) in [6, 6.07) is 7.57. The van der Waals surface area contributed by atoms with E-state index in [1.807, 2.05) is 52.0 Å². The second kappa shape index (κ2) is 7.77. The van der Waals surface area contributed by atoms with Crippen LogP contribution in [-0.4, -0.2) is 33.1 Å². The molecule has 1 atom stereocenters. The molecule has 0 radical (unpaired) electrons. The molecule has 0 saturated heterocycles. The minimum Gasteiger partial charge on any atom is -0.497 e. The molecule has 3 N–H and O–H groups in total. The summed E-state index contributed by atoms with van der Waals surface area (Å²) in [5.41, 5.74) is 0.795. The zero-order valence-corrected chi connectivity index (χ0v) is 16.1. The van der Waals surface area contributed by atoms with Gasteiger partial charge in [0.1, 0.15) is 5.75 Å². The van der Waals surface area contributed by atoms with Gasteiger partial charge in [0.2, 0.25) is 11.1 Å². The number of rotatable bonds is 6. The normalized spacial score (nSPS) is 12.7. The lowest BCUT2D eigenvalue weighted by Crippen LogP contribution is -2.31. The molecule has 136 valence electrons. The van der Waals surface area contributed by atoms with Gasteiger partial charge in [-0.1, -0.05) is 44.7 Å². The third kappa shape index (κ3) is 4.88. The Bertz CT molecular complexity index is 722. The fourth-order valence-electron chi connectivity index (χ4n) is 2.16. The number of hydrogen-bond acceptors (Lipinski definition) is 6. The van der Waals surface area contributed by atoms with Crippen LogP contribution in [0, 0.1) is 0 Å². The van der Waals surface area contributed by atoms with Crippen LogP contribution in [-0.2, 0) is 16.8 Å². The number of carbonyl (C=O) groups excluding carboxylic acids is 1. The third-order valence-corrected chi connectivity index (χ3v) is 4.67. The molecule has 1 aromatic heterocycles. The highest BCUT2D eigenvalue weighted by Gasteiger charge is 2.25. The Balaban J connectivity index is 1.93. The van der Waals surface area contributed by atoms with E-state index in [9.17, 15) is 4.79 Å². The molecule has 7 nitrogen and oxygen atoms in total. The Labute approximate surface area is 152 Å². The molecule has 2 rings (SSSR count). The summed E-state index contributed by atoms with van der Waals surface area (Å²) in [5.74, 6) is 7.44. The van der Waals surface area contributed by atoms with E-state index in [4.69, 9.17) is 10.6 Å². The molecule has 0 aliphatic carbocycles. The molecule has 0 fully saturated rings. The summed E-state index contributed by atoms with van der Waals surface area (Å²) in [5, 5.41) is 11.3. The van der Waals surface area contributed by atoms with Crippen molar-refractivity contribution in [3.05, 3.63) is 35.7 Å². The van der Waals surface area contributed by atoms with Gasteiger partial charge in [-0.2, -0.15) is 0 Å². The van der Waals surface area contributed by atoms with Crippen LogP contribution in [0.25, 0.3) is 0 Å². The Morgan fingerprint density at radius 1 is 1.32 bits per heavy atom. The Morgan fingerprint density at radius 3 is 2.48 bits per heavy atom. The topological polar surface area (TPSA) is 95.1 Å². The van der Waals surface area contributed by atoms with E-state index >= 15 is 0 Å². The second-order valence-electron chi connectivity index (χ2n) is 6.75. The summed E-state index contributed by atoms with van der Waals surface area (Å²) in [7, 11) is 1.62. The van der Waals surface area contributed by atoms with E-state index in [2.05, 4.69) is 15.5 Å². The van der Waals surface area contributed by atoms with Crippen LogP contribution in [0.1, 0.15) is 39.1 Å². The van der Waals surface area contributed by atoms with E-state index in [1.54, 1.807) is 7.11 Å². The number of hydrogen-bond donors (Lipinski definition) is 2. The zero-order chi connectivity index (χ0) is 18.6. The van der Waals surface area contributed by atoms with Crippen LogP contribution >= 0.6 is 11.8 Å². The molecule has 8 heteroatoms. The van der Waals surface area contributed by atoms with Crippen LogP contribution in [0.5, 0.6) is 5.75 Å². The lowest BCUT2D eigenvalue weighted by atomic mass is 9.96.